The Bertz CT molecular complexity index is 750. The number of aryl methyl sites for hydroxylation is 1. The van der Waals surface area contributed by atoms with Crippen molar-refractivity contribution in [1.82, 2.24) is 25.0 Å². The van der Waals surface area contributed by atoms with Crippen molar-refractivity contribution in [3.8, 4) is 0 Å². The highest BCUT2D eigenvalue weighted by Gasteiger charge is 2.26. The molecule has 1 unspecified atom stereocenters. The van der Waals surface area contributed by atoms with E-state index < -0.39 is 0 Å². The quantitative estimate of drug-likeness (QED) is 0.655. The van der Waals surface area contributed by atoms with E-state index in [0.29, 0.717) is 12.5 Å². The minimum atomic E-state index is 0.522. The fourth-order valence-electron chi connectivity index (χ4n) is 3.27. The molecule has 0 aliphatic carbocycles. The Hall–Kier alpha value is -2.57. The van der Waals surface area contributed by atoms with Gasteiger partial charge >= 0.3 is 0 Å². The Balaban J connectivity index is 1.69. The molecule has 0 amide bonds. The van der Waals surface area contributed by atoms with Crippen molar-refractivity contribution in [3.05, 3.63) is 41.9 Å². The fourth-order valence-corrected chi connectivity index (χ4v) is 3.27. The van der Waals surface area contributed by atoms with Crippen molar-refractivity contribution in [2.24, 2.45) is 12.0 Å². The van der Waals surface area contributed by atoms with Crippen molar-refractivity contribution in [2.45, 2.75) is 25.8 Å². The fraction of sp³-hybridized carbons (Fsp3) is 0.526. The molecule has 140 valence electrons. The summed E-state index contributed by atoms with van der Waals surface area (Å²) in [5.74, 6) is 2.47. The van der Waals surface area contributed by atoms with Crippen LogP contribution in [0.3, 0.4) is 0 Å². The van der Waals surface area contributed by atoms with Crippen LogP contribution in [0, 0.1) is 0 Å². The van der Waals surface area contributed by atoms with Crippen molar-refractivity contribution in [2.75, 3.05) is 38.6 Å². The van der Waals surface area contributed by atoms with Gasteiger partial charge in [-0.1, -0.05) is 0 Å². The lowest BCUT2D eigenvalue weighted by atomic mass is 10.0. The average molecular weight is 355 g/mol. The number of pyridine rings is 1. The Labute approximate surface area is 155 Å². The first-order valence-corrected chi connectivity index (χ1v) is 9.21. The monoisotopic (exact) mass is 355 g/mol. The van der Waals surface area contributed by atoms with Gasteiger partial charge < -0.3 is 15.1 Å². The van der Waals surface area contributed by atoms with E-state index in [0.717, 1.165) is 37.8 Å². The summed E-state index contributed by atoms with van der Waals surface area (Å²) < 4.78 is 1.88. The molecule has 1 fully saturated rings. The van der Waals surface area contributed by atoms with Crippen molar-refractivity contribution in [1.29, 1.82) is 0 Å². The first-order valence-electron chi connectivity index (χ1n) is 9.21. The van der Waals surface area contributed by atoms with E-state index >= 15 is 0 Å². The van der Waals surface area contributed by atoms with Crippen molar-refractivity contribution >= 4 is 11.8 Å². The van der Waals surface area contributed by atoms with E-state index in [1.807, 2.05) is 49.2 Å². The summed E-state index contributed by atoms with van der Waals surface area (Å²) in [7, 11) is 5.98. The average Bonchev–Trinajstić information content (AvgIpc) is 3.28. The van der Waals surface area contributed by atoms with Gasteiger partial charge in [-0.05, 0) is 36.6 Å². The molecular formula is C19H29N7. The van der Waals surface area contributed by atoms with Crippen LogP contribution in [0.4, 0.5) is 5.82 Å². The number of hydrogen-bond donors (Lipinski definition) is 1. The minimum absolute atomic E-state index is 0.522. The van der Waals surface area contributed by atoms with Gasteiger partial charge in [-0.2, -0.15) is 5.10 Å². The van der Waals surface area contributed by atoms with Gasteiger partial charge in [0.05, 0.1) is 12.7 Å². The molecule has 3 rings (SSSR count). The molecule has 1 aliphatic rings. The summed E-state index contributed by atoms with van der Waals surface area (Å²) in [6.45, 7) is 5.63. The summed E-state index contributed by atoms with van der Waals surface area (Å²) in [6, 6.07) is 4.12. The maximum absolute atomic E-state index is 4.86. The molecule has 26 heavy (non-hydrogen) atoms. The van der Waals surface area contributed by atoms with Gasteiger partial charge in [0, 0.05) is 59.1 Å². The van der Waals surface area contributed by atoms with Gasteiger partial charge in [-0.3, -0.25) is 4.68 Å². The molecule has 2 aromatic heterocycles. The normalized spacial score (nSPS) is 17.6. The molecule has 1 atom stereocenters. The van der Waals surface area contributed by atoms with Gasteiger partial charge in [0.2, 0.25) is 0 Å². The number of anilines is 1. The number of nitrogens with one attached hydrogen (secondary N) is 1. The molecule has 0 spiro atoms. The molecular weight excluding hydrogens is 326 g/mol. The van der Waals surface area contributed by atoms with Crippen molar-refractivity contribution in [3.63, 3.8) is 0 Å². The second kappa shape index (κ2) is 8.21. The molecule has 7 nitrogen and oxygen atoms in total. The summed E-state index contributed by atoms with van der Waals surface area (Å²) >= 11 is 0. The lowest BCUT2D eigenvalue weighted by molar-refractivity contribution is 0.486. The Morgan fingerprint density at radius 2 is 2.27 bits per heavy atom. The zero-order chi connectivity index (χ0) is 18.5. The third-order valence-corrected chi connectivity index (χ3v) is 4.70. The molecule has 0 radical (unpaired) electrons. The van der Waals surface area contributed by atoms with Crippen LogP contribution in [0.25, 0.3) is 0 Å². The standard InChI is InChI=1S/C19H29N7/c1-5-20-19(22-11-15-6-8-21-18(10-15)24(2)3)26-9-7-16(14-26)17-12-23-25(4)13-17/h6,8,10,12-13,16H,5,7,9,11,14H2,1-4H3,(H,20,22). The molecule has 0 bridgehead atoms. The first kappa shape index (κ1) is 18.2. The highest BCUT2D eigenvalue weighted by molar-refractivity contribution is 5.80. The van der Waals surface area contributed by atoms with E-state index in [2.05, 4.69) is 39.5 Å². The third kappa shape index (κ3) is 4.33. The minimum Gasteiger partial charge on any atom is -0.363 e. The van der Waals surface area contributed by atoms with Crippen LogP contribution in [0.2, 0.25) is 0 Å². The first-order chi connectivity index (χ1) is 12.6. The number of aliphatic imine (C=N–C) groups is 1. The van der Waals surface area contributed by atoms with Crippen LogP contribution < -0.4 is 10.2 Å². The number of guanidine groups is 1. The molecule has 3 heterocycles. The number of rotatable bonds is 5. The van der Waals surface area contributed by atoms with Crippen LogP contribution in [0.15, 0.2) is 35.7 Å². The van der Waals surface area contributed by atoms with Crippen LogP contribution in [-0.4, -0.2) is 59.4 Å². The predicted molar refractivity (Wildman–Crippen MR) is 106 cm³/mol. The van der Waals surface area contributed by atoms with Gasteiger partial charge in [-0.25, -0.2) is 9.98 Å². The molecule has 1 N–H and O–H groups in total. The van der Waals surface area contributed by atoms with E-state index in [-0.39, 0.29) is 0 Å². The lowest BCUT2D eigenvalue weighted by Gasteiger charge is -2.21. The summed E-state index contributed by atoms with van der Waals surface area (Å²) in [5, 5.41) is 7.75. The van der Waals surface area contributed by atoms with E-state index in [4.69, 9.17) is 4.99 Å². The van der Waals surface area contributed by atoms with Gasteiger partial charge in [-0.15, -0.1) is 0 Å². The third-order valence-electron chi connectivity index (χ3n) is 4.70. The maximum atomic E-state index is 4.86. The van der Waals surface area contributed by atoms with E-state index in [9.17, 15) is 0 Å². The topological polar surface area (TPSA) is 61.6 Å². The van der Waals surface area contributed by atoms with Gasteiger partial charge in [0.1, 0.15) is 5.82 Å². The Morgan fingerprint density at radius 1 is 1.42 bits per heavy atom. The molecule has 2 aromatic rings. The Kier molecular flexibility index (Phi) is 5.75. The van der Waals surface area contributed by atoms with Crippen molar-refractivity contribution < 1.29 is 0 Å². The van der Waals surface area contributed by atoms with E-state index in [1.165, 1.54) is 11.1 Å². The highest BCUT2D eigenvalue weighted by atomic mass is 15.3. The summed E-state index contributed by atoms with van der Waals surface area (Å²) in [5.41, 5.74) is 2.48. The second-order valence-corrected chi connectivity index (χ2v) is 6.97. The zero-order valence-corrected chi connectivity index (χ0v) is 16.2. The van der Waals surface area contributed by atoms with Gasteiger partial charge in [0.25, 0.3) is 0 Å². The molecule has 7 heteroatoms. The summed E-state index contributed by atoms with van der Waals surface area (Å²) in [6.07, 6.45) is 7.09. The molecule has 1 saturated heterocycles. The van der Waals surface area contributed by atoms with Crippen LogP contribution >= 0.6 is 0 Å². The van der Waals surface area contributed by atoms with Gasteiger partial charge in [0.15, 0.2) is 5.96 Å². The lowest BCUT2D eigenvalue weighted by Crippen LogP contribution is -2.40. The number of nitrogens with zero attached hydrogens (tertiary/aromatic N) is 6. The second-order valence-electron chi connectivity index (χ2n) is 6.97. The number of aromatic nitrogens is 3. The van der Waals surface area contributed by atoms with Crippen LogP contribution in [-0.2, 0) is 13.6 Å². The zero-order valence-electron chi connectivity index (χ0n) is 16.2. The smallest absolute Gasteiger partial charge is 0.194 e. The predicted octanol–water partition coefficient (Wildman–Crippen LogP) is 1.84. The summed E-state index contributed by atoms with van der Waals surface area (Å²) in [4.78, 5) is 13.6. The molecule has 0 saturated carbocycles. The van der Waals surface area contributed by atoms with E-state index in [1.54, 1.807) is 0 Å². The SMILES string of the molecule is CCNC(=NCc1ccnc(N(C)C)c1)N1CCC(c2cnn(C)c2)C1. The number of hydrogen-bond acceptors (Lipinski definition) is 4. The Morgan fingerprint density at radius 3 is 2.96 bits per heavy atom. The molecule has 1 aliphatic heterocycles. The van der Waals surface area contributed by atoms with Crippen LogP contribution in [0.1, 0.15) is 30.4 Å². The van der Waals surface area contributed by atoms with Crippen LogP contribution in [0.5, 0.6) is 0 Å². The maximum Gasteiger partial charge on any atom is 0.194 e. The highest BCUT2D eigenvalue weighted by Crippen LogP contribution is 2.26. The number of likely N-dealkylation sites (tertiary alicyclic amines) is 1. The molecule has 0 aromatic carbocycles. The largest absolute Gasteiger partial charge is 0.363 e.